The molecule has 0 fully saturated rings. The molecule has 3 aromatic heterocycles. The highest BCUT2D eigenvalue weighted by molar-refractivity contribution is 7.22. The number of halogens is 2. The number of benzene rings is 2. The van der Waals surface area contributed by atoms with Crippen molar-refractivity contribution in [2.24, 2.45) is 0 Å². The lowest BCUT2D eigenvalue weighted by atomic mass is 10.1. The van der Waals surface area contributed by atoms with E-state index >= 15 is 0 Å². The number of carbonyl (C=O) groups is 2. The van der Waals surface area contributed by atoms with Gasteiger partial charge in [-0.25, -0.2) is 23.9 Å². The normalized spacial score (nSPS) is 11.2. The number of anilines is 1. The predicted octanol–water partition coefficient (Wildman–Crippen LogP) is 4.41. The Morgan fingerprint density at radius 2 is 1.63 bits per heavy atom. The zero-order valence-electron chi connectivity index (χ0n) is 27.3. The fraction of sp³-hybridized carbons (Fsp3) is 0.265. The number of urea groups is 1. The molecule has 256 valence electrons. The van der Waals surface area contributed by atoms with E-state index in [0.717, 1.165) is 33.7 Å². The third kappa shape index (κ3) is 7.91. The van der Waals surface area contributed by atoms with Gasteiger partial charge in [0.2, 0.25) is 5.91 Å². The van der Waals surface area contributed by atoms with Gasteiger partial charge in [0.1, 0.15) is 16.5 Å². The van der Waals surface area contributed by atoms with Gasteiger partial charge < -0.3 is 10.2 Å². The number of aromatic nitrogens is 3. The van der Waals surface area contributed by atoms with E-state index < -0.39 is 35.5 Å². The summed E-state index contributed by atoms with van der Waals surface area (Å²) in [4.78, 5) is 66.1. The van der Waals surface area contributed by atoms with Crippen LogP contribution in [0, 0.1) is 11.6 Å². The van der Waals surface area contributed by atoms with Gasteiger partial charge in [0.15, 0.2) is 0 Å². The van der Waals surface area contributed by atoms with Gasteiger partial charge in [-0.3, -0.25) is 33.4 Å². The zero-order chi connectivity index (χ0) is 35.2. The Balaban J connectivity index is 1.72. The predicted molar refractivity (Wildman–Crippen MR) is 183 cm³/mol. The molecule has 0 aliphatic carbocycles. The Kier molecular flexibility index (Phi) is 11.0. The van der Waals surface area contributed by atoms with Crippen LogP contribution in [0.25, 0.3) is 20.7 Å². The van der Waals surface area contributed by atoms with Crippen LogP contribution >= 0.6 is 11.3 Å². The third-order valence-corrected chi connectivity index (χ3v) is 9.07. The van der Waals surface area contributed by atoms with Crippen LogP contribution in [0.15, 0.2) is 76.4 Å². The number of nitrogens with zero attached hydrogens (tertiary/aromatic N) is 5. The van der Waals surface area contributed by atoms with Gasteiger partial charge in [0, 0.05) is 62.5 Å². The summed E-state index contributed by atoms with van der Waals surface area (Å²) in [5, 5.41) is 2.83. The number of fused-ring (bicyclic) bond motifs is 1. The molecule has 49 heavy (non-hydrogen) atoms. The van der Waals surface area contributed by atoms with Crippen LogP contribution in [0.4, 0.5) is 19.3 Å². The second-order valence-electron chi connectivity index (χ2n) is 11.5. The molecule has 3 amide bonds. The molecule has 0 saturated heterocycles. The maximum atomic E-state index is 15.0. The van der Waals surface area contributed by atoms with Crippen molar-refractivity contribution < 1.29 is 23.2 Å². The van der Waals surface area contributed by atoms with Gasteiger partial charge in [-0.2, -0.15) is 0 Å². The largest absolute Gasteiger partial charge is 0.349 e. The van der Waals surface area contributed by atoms with E-state index in [4.69, 9.17) is 0 Å². The number of hydroxylamine groups is 1. The molecule has 0 radical (unpaired) electrons. The highest BCUT2D eigenvalue weighted by Gasteiger charge is 2.25. The van der Waals surface area contributed by atoms with Gasteiger partial charge in [0.05, 0.1) is 24.7 Å². The second kappa shape index (κ2) is 15.3. The second-order valence-corrected chi connectivity index (χ2v) is 12.5. The summed E-state index contributed by atoms with van der Waals surface area (Å²) < 4.78 is 32.1. The van der Waals surface area contributed by atoms with Gasteiger partial charge in [-0.05, 0) is 54.6 Å². The summed E-state index contributed by atoms with van der Waals surface area (Å²) in [6, 6.07) is 15.3. The summed E-state index contributed by atoms with van der Waals surface area (Å²) in [7, 11) is 6.31. The monoisotopic (exact) mass is 691 g/mol. The number of rotatable bonds is 12. The molecular formula is C34H35F2N7O5S. The van der Waals surface area contributed by atoms with Crippen LogP contribution in [0.1, 0.15) is 23.2 Å². The molecule has 0 bridgehead atoms. The number of nitrogens with one attached hydrogen (secondary N) is 2. The summed E-state index contributed by atoms with van der Waals surface area (Å²) in [5.41, 5.74) is 2.94. The van der Waals surface area contributed by atoms with Crippen molar-refractivity contribution in [2.45, 2.75) is 32.6 Å². The lowest BCUT2D eigenvalue weighted by Crippen LogP contribution is -2.41. The number of hydrogen-bond donors (Lipinski definition) is 2. The smallest absolute Gasteiger partial charge is 0.343 e. The lowest BCUT2D eigenvalue weighted by Gasteiger charge is -2.18. The molecule has 0 aliphatic heterocycles. The summed E-state index contributed by atoms with van der Waals surface area (Å²) in [6.07, 6.45) is 1.55. The van der Waals surface area contributed by atoms with E-state index in [2.05, 4.69) is 20.6 Å². The van der Waals surface area contributed by atoms with Gasteiger partial charge >= 0.3 is 11.7 Å². The van der Waals surface area contributed by atoms with Crippen LogP contribution in [-0.2, 0) is 35.8 Å². The SMILES string of the molecule is CONC(=O)Nc1ccc(-c2sc3c(c2CN(C)Cc2ccccn2)c(=O)n(CCC(=O)N(C)C)c(=O)n3Cc2c(F)cccc2F)cc1. The minimum Gasteiger partial charge on any atom is -0.349 e. The number of hydrogen-bond acceptors (Lipinski definition) is 8. The molecule has 12 nitrogen and oxygen atoms in total. The molecule has 15 heteroatoms. The van der Waals surface area contributed by atoms with Crippen molar-refractivity contribution >= 4 is 39.2 Å². The number of carbonyl (C=O) groups excluding carboxylic acids is 2. The zero-order valence-corrected chi connectivity index (χ0v) is 28.1. The number of amides is 3. The molecule has 0 unspecified atom stereocenters. The standard InChI is InChI=1S/C34H35F2N7O5S/c1-40(2)28(44)15-17-42-31(45)29-25(19-41(3)18-23-8-5-6-16-37-23)30(21-11-13-22(14-12-21)38-33(46)39-48-4)49-32(29)43(34(42)47)20-24-26(35)9-7-10-27(24)36/h5-14,16H,15,17-20H2,1-4H3,(H2,38,39,46). The quantitative estimate of drug-likeness (QED) is 0.186. The van der Waals surface area contributed by atoms with Crippen LogP contribution < -0.4 is 22.0 Å². The van der Waals surface area contributed by atoms with Crippen LogP contribution in [0.5, 0.6) is 0 Å². The molecule has 0 aliphatic rings. The first kappa shape index (κ1) is 35.1. The molecule has 5 aromatic rings. The van der Waals surface area contributed by atoms with Crippen molar-refractivity contribution in [1.82, 2.24) is 29.4 Å². The van der Waals surface area contributed by atoms with E-state index in [1.165, 1.54) is 22.6 Å². The van der Waals surface area contributed by atoms with Crippen LogP contribution in [0.2, 0.25) is 0 Å². The summed E-state index contributed by atoms with van der Waals surface area (Å²) in [6.45, 7) is -0.0555. The van der Waals surface area contributed by atoms with E-state index in [1.54, 1.807) is 44.6 Å². The minimum atomic E-state index is -0.840. The van der Waals surface area contributed by atoms with Crippen molar-refractivity contribution in [3.05, 3.63) is 116 Å². The highest BCUT2D eigenvalue weighted by atomic mass is 32.1. The first-order valence-corrected chi connectivity index (χ1v) is 16.0. The van der Waals surface area contributed by atoms with Gasteiger partial charge in [-0.1, -0.05) is 24.3 Å². The Morgan fingerprint density at radius 1 is 0.918 bits per heavy atom. The lowest BCUT2D eigenvalue weighted by molar-refractivity contribution is -0.128. The number of pyridine rings is 1. The minimum absolute atomic E-state index is 0.140. The van der Waals surface area contributed by atoms with E-state index in [-0.39, 0.29) is 41.2 Å². The number of thiophene rings is 1. The van der Waals surface area contributed by atoms with E-state index in [1.807, 2.05) is 30.1 Å². The molecule has 2 aromatic carbocycles. The molecule has 0 spiro atoms. The first-order valence-electron chi connectivity index (χ1n) is 15.2. The van der Waals surface area contributed by atoms with E-state index in [9.17, 15) is 28.0 Å². The van der Waals surface area contributed by atoms with E-state index in [0.29, 0.717) is 28.2 Å². The molecule has 3 heterocycles. The van der Waals surface area contributed by atoms with Crippen molar-refractivity contribution in [2.75, 3.05) is 33.6 Å². The van der Waals surface area contributed by atoms with Crippen LogP contribution in [0.3, 0.4) is 0 Å². The van der Waals surface area contributed by atoms with Crippen molar-refractivity contribution in [3.8, 4) is 10.4 Å². The molecule has 2 N–H and O–H groups in total. The molecule has 5 rings (SSSR count). The Hall–Kier alpha value is -5.25. The van der Waals surface area contributed by atoms with Crippen molar-refractivity contribution in [1.29, 1.82) is 0 Å². The maximum absolute atomic E-state index is 15.0. The van der Waals surface area contributed by atoms with Gasteiger partial charge in [-0.15, -0.1) is 11.3 Å². The topological polar surface area (TPSA) is 131 Å². The fourth-order valence-corrected chi connectivity index (χ4v) is 6.66. The van der Waals surface area contributed by atoms with Crippen molar-refractivity contribution in [3.63, 3.8) is 0 Å². The first-order chi connectivity index (χ1) is 23.5. The average molecular weight is 692 g/mol. The fourth-order valence-electron chi connectivity index (χ4n) is 5.36. The maximum Gasteiger partial charge on any atom is 0.343 e. The van der Waals surface area contributed by atoms with Crippen LogP contribution in [-0.4, -0.2) is 64.1 Å². The summed E-state index contributed by atoms with van der Waals surface area (Å²) >= 11 is 1.14. The third-order valence-electron chi connectivity index (χ3n) is 7.77. The molecule has 0 atom stereocenters. The molecule has 0 saturated carbocycles. The van der Waals surface area contributed by atoms with Gasteiger partial charge in [0.25, 0.3) is 5.56 Å². The highest BCUT2D eigenvalue weighted by Crippen LogP contribution is 2.38. The Morgan fingerprint density at radius 3 is 2.27 bits per heavy atom. The Bertz CT molecular complexity index is 2080. The Labute approximate surface area is 284 Å². The molecular weight excluding hydrogens is 656 g/mol. The average Bonchev–Trinajstić information content (AvgIpc) is 3.43. The summed E-state index contributed by atoms with van der Waals surface area (Å²) in [5.74, 6) is -1.98.